The van der Waals surface area contributed by atoms with Gasteiger partial charge in [0.15, 0.2) is 0 Å². The molecule has 2 bridgehead atoms. The number of rotatable bonds is 4. The number of hydrogen-bond donors (Lipinski definition) is 1. The minimum absolute atomic E-state index is 0.0673. The molecule has 1 N–H and O–H groups in total. The first-order valence-electron chi connectivity index (χ1n) is 9.55. The van der Waals surface area contributed by atoms with Crippen LogP contribution in [0.4, 0.5) is 5.69 Å². The number of nitrogens with one attached hydrogen (secondary N) is 1. The summed E-state index contributed by atoms with van der Waals surface area (Å²) >= 11 is 3.40. The van der Waals surface area contributed by atoms with Gasteiger partial charge in [0.1, 0.15) is 0 Å². The zero-order valence-electron chi connectivity index (χ0n) is 15.0. The van der Waals surface area contributed by atoms with E-state index in [2.05, 4.69) is 33.4 Å². The number of likely N-dealkylation sites (tertiary alicyclic amines) is 1. The highest BCUT2D eigenvalue weighted by atomic mass is 79.9. The molecule has 5 aliphatic rings. The van der Waals surface area contributed by atoms with E-state index >= 15 is 0 Å². The highest BCUT2D eigenvalue weighted by Crippen LogP contribution is 2.65. The maximum atomic E-state index is 12.9. The molecule has 6 atom stereocenters. The molecule has 2 saturated carbocycles. The number of amides is 3. The van der Waals surface area contributed by atoms with Crippen LogP contribution in [0.1, 0.15) is 18.4 Å². The van der Waals surface area contributed by atoms with Crippen molar-refractivity contribution in [2.45, 2.75) is 19.8 Å². The zero-order valence-corrected chi connectivity index (χ0v) is 16.6. The highest BCUT2D eigenvalue weighted by molar-refractivity contribution is 9.10. The molecule has 6 heteroatoms. The molecule has 1 saturated heterocycles. The number of halogens is 1. The number of carbonyl (C=O) groups excluding carboxylic acids is 3. The molecule has 1 heterocycles. The molecule has 1 aromatic rings. The Morgan fingerprint density at radius 2 is 1.78 bits per heavy atom. The smallest absolute Gasteiger partial charge is 0.233 e. The quantitative estimate of drug-likeness (QED) is 0.591. The Morgan fingerprint density at radius 3 is 2.37 bits per heavy atom. The van der Waals surface area contributed by atoms with E-state index in [0.717, 1.165) is 22.1 Å². The number of imide groups is 1. The van der Waals surface area contributed by atoms with Gasteiger partial charge < -0.3 is 5.32 Å². The normalized spacial score (nSPS) is 35.3. The molecule has 3 fully saturated rings. The minimum atomic E-state index is -0.187. The third-order valence-corrected chi connectivity index (χ3v) is 7.27. The van der Waals surface area contributed by atoms with Crippen LogP contribution in [0.5, 0.6) is 0 Å². The van der Waals surface area contributed by atoms with E-state index in [1.807, 2.05) is 25.1 Å². The molecule has 4 aliphatic carbocycles. The number of hydrogen-bond acceptors (Lipinski definition) is 3. The third-order valence-electron chi connectivity index (χ3n) is 6.78. The summed E-state index contributed by atoms with van der Waals surface area (Å²) < 4.78 is 0.954. The summed E-state index contributed by atoms with van der Waals surface area (Å²) in [5, 5.41) is 2.88. The van der Waals surface area contributed by atoms with Crippen molar-refractivity contribution in [3.63, 3.8) is 0 Å². The van der Waals surface area contributed by atoms with Crippen LogP contribution < -0.4 is 5.32 Å². The fourth-order valence-corrected chi connectivity index (χ4v) is 5.91. The monoisotopic (exact) mass is 428 g/mol. The van der Waals surface area contributed by atoms with Gasteiger partial charge in [-0.2, -0.15) is 0 Å². The molecule has 0 radical (unpaired) electrons. The van der Waals surface area contributed by atoms with Crippen LogP contribution in [0.15, 0.2) is 34.8 Å². The number of carbonyl (C=O) groups is 3. The summed E-state index contributed by atoms with van der Waals surface area (Å²) in [4.78, 5) is 39.5. The van der Waals surface area contributed by atoms with Crippen LogP contribution in [0, 0.1) is 42.4 Å². The number of nitrogens with zero attached hydrogens (tertiary/aromatic N) is 1. The Kier molecular flexibility index (Phi) is 3.83. The zero-order chi connectivity index (χ0) is 18.9. The van der Waals surface area contributed by atoms with E-state index in [1.165, 1.54) is 4.90 Å². The summed E-state index contributed by atoms with van der Waals surface area (Å²) in [7, 11) is 0. The summed E-state index contributed by atoms with van der Waals surface area (Å²) in [5.41, 5.74) is 1.71. The van der Waals surface area contributed by atoms with E-state index in [1.54, 1.807) is 0 Å². The third kappa shape index (κ3) is 2.60. The highest BCUT2D eigenvalue weighted by Gasteiger charge is 2.66. The molecule has 27 heavy (non-hydrogen) atoms. The van der Waals surface area contributed by atoms with Gasteiger partial charge in [-0.05, 0) is 60.8 Å². The van der Waals surface area contributed by atoms with Crippen LogP contribution in [-0.2, 0) is 14.4 Å². The van der Waals surface area contributed by atoms with Crippen LogP contribution in [0.3, 0.4) is 0 Å². The Labute approximate surface area is 166 Å². The first-order valence-corrected chi connectivity index (χ1v) is 10.3. The number of aryl methyl sites for hydroxylation is 1. The molecular formula is C21H21BrN2O3. The van der Waals surface area contributed by atoms with Crippen molar-refractivity contribution in [2.75, 3.05) is 11.9 Å². The SMILES string of the molecule is Cc1cc(Br)ccc1NC(=O)CCN1C(=O)[C@@H]2[C@H]3C=C[C@@H]([C@@H]4C[C@@H]34)[C@H]2C1=O. The molecular weight excluding hydrogens is 408 g/mol. The second kappa shape index (κ2) is 6.03. The van der Waals surface area contributed by atoms with Crippen molar-refractivity contribution in [2.24, 2.45) is 35.5 Å². The summed E-state index contributed by atoms with van der Waals surface area (Å²) in [6.07, 6.45) is 5.61. The van der Waals surface area contributed by atoms with E-state index in [0.29, 0.717) is 11.8 Å². The molecule has 3 amide bonds. The maximum absolute atomic E-state index is 12.9. The van der Waals surface area contributed by atoms with Gasteiger partial charge >= 0.3 is 0 Å². The largest absolute Gasteiger partial charge is 0.326 e. The topological polar surface area (TPSA) is 66.5 Å². The van der Waals surface area contributed by atoms with Gasteiger partial charge in [0, 0.05) is 23.1 Å². The van der Waals surface area contributed by atoms with Crippen molar-refractivity contribution in [3.05, 3.63) is 40.4 Å². The van der Waals surface area contributed by atoms with E-state index < -0.39 is 0 Å². The summed E-state index contributed by atoms with van der Waals surface area (Å²) in [6, 6.07) is 5.64. The van der Waals surface area contributed by atoms with Crippen molar-refractivity contribution in [3.8, 4) is 0 Å². The van der Waals surface area contributed by atoms with Gasteiger partial charge in [-0.3, -0.25) is 19.3 Å². The minimum Gasteiger partial charge on any atom is -0.326 e. The van der Waals surface area contributed by atoms with Gasteiger partial charge in [-0.15, -0.1) is 0 Å². The molecule has 0 spiro atoms. The molecule has 1 aliphatic heterocycles. The first-order chi connectivity index (χ1) is 13.0. The Morgan fingerprint density at radius 1 is 1.15 bits per heavy atom. The van der Waals surface area contributed by atoms with Crippen molar-refractivity contribution >= 4 is 39.3 Å². The standard InChI is InChI=1S/C21H21BrN2O3/c1-10-8-11(22)2-5-16(10)23-17(25)6-7-24-20(26)18-12-3-4-13(15-9-14(12)15)19(18)21(24)27/h2-5,8,12-15,18-19H,6-7,9H2,1H3,(H,23,25)/t12-,13-,14-,15-,18+,19+/m0/s1. The lowest BCUT2D eigenvalue weighted by Gasteiger charge is -2.37. The predicted octanol–water partition coefficient (Wildman–Crippen LogP) is 3.14. The maximum Gasteiger partial charge on any atom is 0.233 e. The fraction of sp³-hybridized carbons (Fsp3) is 0.476. The van der Waals surface area contributed by atoms with Crippen LogP contribution >= 0.6 is 15.9 Å². The lowest BCUT2D eigenvalue weighted by molar-refractivity contribution is -0.140. The summed E-state index contributed by atoms with van der Waals surface area (Å²) in [6.45, 7) is 2.09. The van der Waals surface area contributed by atoms with Gasteiger partial charge in [-0.1, -0.05) is 28.1 Å². The van der Waals surface area contributed by atoms with E-state index in [4.69, 9.17) is 0 Å². The van der Waals surface area contributed by atoms with Crippen molar-refractivity contribution in [1.82, 2.24) is 4.90 Å². The molecule has 1 aromatic carbocycles. The number of allylic oxidation sites excluding steroid dienone is 2. The average Bonchev–Trinajstić information content (AvgIpc) is 3.41. The van der Waals surface area contributed by atoms with Crippen molar-refractivity contribution < 1.29 is 14.4 Å². The molecule has 0 aromatic heterocycles. The van der Waals surface area contributed by atoms with Gasteiger partial charge in [0.05, 0.1) is 11.8 Å². The molecule has 140 valence electrons. The van der Waals surface area contributed by atoms with Crippen LogP contribution in [-0.4, -0.2) is 29.2 Å². The second-order valence-electron chi connectivity index (χ2n) is 8.24. The number of anilines is 1. The first kappa shape index (κ1) is 17.2. The van der Waals surface area contributed by atoms with Gasteiger partial charge in [0.25, 0.3) is 0 Å². The van der Waals surface area contributed by atoms with Crippen LogP contribution in [0.2, 0.25) is 0 Å². The summed E-state index contributed by atoms with van der Waals surface area (Å²) in [5.74, 6) is 0.963. The second-order valence-corrected chi connectivity index (χ2v) is 9.16. The lowest BCUT2D eigenvalue weighted by Crippen LogP contribution is -2.40. The molecule has 6 rings (SSSR count). The van der Waals surface area contributed by atoms with Crippen molar-refractivity contribution in [1.29, 1.82) is 0 Å². The Hall–Kier alpha value is -1.95. The average molecular weight is 429 g/mol. The Balaban J connectivity index is 1.25. The van der Waals surface area contributed by atoms with Gasteiger partial charge in [0.2, 0.25) is 17.7 Å². The van der Waals surface area contributed by atoms with Gasteiger partial charge in [-0.25, -0.2) is 0 Å². The van der Waals surface area contributed by atoms with E-state index in [-0.39, 0.29) is 54.4 Å². The molecule has 0 unspecified atom stereocenters. The van der Waals surface area contributed by atoms with E-state index in [9.17, 15) is 14.4 Å². The fourth-order valence-electron chi connectivity index (χ4n) is 5.43. The predicted molar refractivity (Wildman–Crippen MR) is 104 cm³/mol. The number of benzene rings is 1. The Bertz CT molecular complexity index is 859. The molecule has 5 nitrogen and oxygen atoms in total. The van der Waals surface area contributed by atoms with Crippen LogP contribution in [0.25, 0.3) is 0 Å². The lowest BCUT2D eigenvalue weighted by atomic mass is 9.63.